The molecule has 1 aromatic rings. The van der Waals surface area contributed by atoms with Gasteiger partial charge >= 0.3 is 0 Å². The van der Waals surface area contributed by atoms with E-state index in [4.69, 9.17) is 5.11 Å². The van der Waals surface area contributed by atoms with Crippen molar-refractivity contribution in [3.8, 4) is 0 Å². The molecule has 1 aromatic heterocycles. The van der Waals surface area contributed by atoms with Crippen LogP contribution in [0.2, 0.25) is 0 Å². The van der Waals surface area contributed by atoms with E-state index in [-0.39, 0.29) is 11.5 Å². The summed E-state index contributed by atoms with van der Waals surface area (Å²) in [4.78, 5) is 2.86. The summed E-state index contributed by atoms with van der Waals surface area (Å²) in [6.07, 6.45) is 4.16. The molecule has 0 bridgehead atoms. The van der Waals surface area contributed by atoms with Crippen molar-refractivity contribution < 1.29 is 13.5 Å². The van der Waals surface area contributed by atoms with Gasteiger partial charge in [0.1, 0.15) is 0 Å². The lowest BCUT2D eigenvalue weighted by atomic mass is 10.5. The fourth-order valence-electron chi connectivity index (χ4n) is 1.17. The summed E-state index contributed by atoms with van der Waals surface area (Å²) in [5, 5.41) is 8.81. The lowest BCUT2D eigenvalue weighted by Gasteiger charge is -2.03. The van der Waals surface area contributed by atoms with Crippen LogP contribution in [-0.4, -0.2) is 37.1 Å². The largest absolute Gasteiger partial charge is 0.390 e. The van der Waals surface area contributed by atoms with Gasteiger partial charge in [-0.25, -0.2) is 13.1 Å². The highest BCUT2D eigenvalue weighted by Crippen LogP contribution is 2.10. The molecule has 3 N–H and O–H groups in total. The predicted molar refractivity (Wildman–Crippen MR) is 64.9 cm³/mol. The monoisotopic (exact) mass is 264 g/mol. The van der Waals surface area contributed by atoms with Crippen molar-refractivity contribution >= 4 is 21.8 Å². The first-order chi connectivity index (χ1) is 7.60. The van der Waals surface area contributed by atoms with E-state index in [0.29, 0.717) is 12.2 Å². The Morgan fingerprint density at radius 2 is 2.31 bits per heavy atom. The van der Waals surface area contributed by atoms with E-state index >= 15 is 0 Å². The van der Waals surface area contributed by atoms with Crippen molar-refractivity contribution in [2.45, 2.75) is 17.9 Å². The minimum absolute atomic E-state index is 0.167. The molecule has 0 unspecified atom stereocenters. The van der Waals surface area contributed by atoms with E-state index in [1.54, 1.807) is 11.8 Å². The molecule has 16 heavy (non-hydrogen) atoms. The molecule has 0 amide bonds. The number of aromatic amines is 1. The van der Waals surface area contributed by atoms with Gasteiger partial charge in [0.25, 0.3) is 0 Å². The second-order valence-electron chi connectivity index (χ2n) is 3.26. The third-order valence-electron chi connectivity index (χ3n) is 2.01. The van der Waals surface area contributed by atoms with Crippen molar-refractivity contribution in [1.29, 1.82) is 0 Å². The van der Waals surface area contributed by atoms with Crippen LogP contribution in [0, 0.1) is 0 Å². The van der Waals surface area contributed by atoms with Crippen molar-refractivity contribution in [1.82, 2.24) is 9.71 Å². The zero-order chi connectivity index (χ0) is 12.0. The first kappa shape index (κ1) is 13.6. The van der Waals surface area contributed by atoms with E-state index in [2.05, 4.69) is 9.71 Å². The molecule has 5 nitrogen and oxygen atoms in total. The summed E-state index contributed by atoms with van der Waals surface area (Å²) < 4.78 is 25.9. The summed E-state index contributed by atoms with van der Waals surface area (Å²) in [5.41, 5.74) is 0.490. The third kappa shape index (κ3) is 3.82. The molecule has 7 heteroatoms. The van der Waals surface area contributed by atoms with Gasteiger partial charge in [0.2, 0.25) is 10.0 Å². The molecule has 92 valence electrons. The van der Waals surface area contributed by atoms with Gasteiger partial charge in [0, 0.05) is 18.4 Å². The fourth-order valence-corrected chi connectivity index (χ4v) is 2.70. The van der Waals surface area contributed by atoms with E-state index in [1.165, 1.54) is 12.3 Å². The molecule has 0 aromatic carbocycles. The van der Waals surface area contributed by atoms with Crippen LogP contribution in [-0.2, 0) is 16.6 Å². The number of rotatable bonds is 7. The highest BCUT2D eigenvalue weighted by Gasteiger charge is 2.14. The van der Waals surface area contributed by atoms with E-state index < -0.39 is 10.0 Å². The van der Waals surface area contributed by atoms with Crippen LogP contribution < -0.4 is 4.72 Å². The second-order valence-corrected chi connectivity index (χ2v) is 6.02. The number of sulfonamides is 1. The van der Waals surface area contributed by atoms with Gasteiger partial charge in [-0.15, -0.1) is 0 Å². The Morgan fingerprint density at radius 1 is 1.56 bits per heavy atom. The molecule has 0 fully saturated rings. The number of hydrogen-bond acceptors (Lipinski definition) is 4. The Morgan fingerprint density at radius 3 is 2.88 bits per heavy atom. The Bertz CT molecular complexity index is 414. The van der Waals surface area contributed by atoms with Gasteiger partial charge in [-0.1, -0.05) is 0 Å². The van der Waals surface area contributed by atoms with Crippen LogP contribution in [0.3, 0.4) is 0 Å². The summed E-state index contributed by atoms with van der Waals surface area (Å²) in [5.74, 6) is 0.928. The van der Waals surface area contributed by atoms with Gasteiger partial charge in [-0.2, -0.15) is 11.8 Å². The molecule has 0 aliphatic heterocycles. The van der Waals surface area contributed by atoms with Crippen molar-refractivity contribution in [2.24, 2.45) is 0 Å². The Kier molecular flexibility index (Phi) is 5.33. The van der Waals surface area contributed by atoms with Crippen LogP contribution in [0.15, 0.2) is 17.2 Å². The van der Waals surface area contributed by atoms with E-state index in [1.807, 2.05) is 6.26 Å². The Hall–Kier alpha value is -0.500. The molecule has 0 atom stereocenters. The number of aliphatic hydroxyl groups is 1. The van der Waals surface area contributed by atoms with Crippen LogP contribution in [0.5, 0.6) is 0 Å². The number of H-pyrrole nitrogens is 1. The lowest BCUT2D eigenvalue weighted by molar-refractivity contribution is 0.277. The van der Waals surface area contributed by atoms with Crippen molar-refractivity contribution in [3.63, 3.8) is 0 Å². The first-order valence-electron chi connectivity index (χ1n) is 4.87. The van der Waals surface area contributed by atoms with Gasteiger partial charge in [-0.05, 0) is 24.5 Å². The van der Waals surface area contributed by atoms with Crippen LogP contribution in [0.25, 0.3) is 0 Å². The predicted octanol–water partition coefficient (Wildman–Crippen LogP) is 0.538. The smallest absolute Gasteiger partial charge is 0.242 e. The Labute approximate surface area is 99.7 Å². The summed E-state index contributed by atoms with van der Waals surface area (Å²) in [7, 11) is -3.43. The number of thioether (sulfide) groups is 1. The topological polar surface area (TPSA) is 82.2 Å². The van der Waals surface area contributed by atoms with Crippen LogP contribution in [0.1, 0.15) is 12.1 Å². The molecule has 0 spiro atoms. The molecule has 0 saturated carbocycles. The standard InChI is InChI=1S/C9H16N2O3S2/c1-15-4-2-3-11-16(13,14)9-5-8(7-12)10-6-9/h5-6,10-12H,2-4,7H2,1H3. The average Bonchev–Trinajstić information content (AvgIpc) is 2.73. The molecule has 0 saturated heterocycles. The molecular weight excluding hydrogens is 248 g/mol. The Balaban J connectivity index is 2.56. The van der Waals surface area contributed by atoms with Crippen molar-refractivity contribution in [3.05, 3.63) is 18.0 Å². The summed E-state index contributed by atoms with van der Waals surface area (Å²) >= 11 is 1.68. The normalized spacial score (nSPS) is 11.9. The zero-order valence-electron chi connectivity index (χ0n) is 9.06. The zero-order valence-corrected chi connectivity index (χ0v) is 10.7. The van der Waals surface area contributed by atoms with Gasteiger partial charge < -0.3 is 10.1 Å². The minimum Gasteiger partial charge on any atom is -0.390 e. The minimum atomic E-state index is -3.43. The number of nitrogens with one attached hydrogen (secondary N) is 2. The summed E-state index contributed by atoms with van der Waals surface area (Å²) in [6.45, 7) is 0.241. The molecule has 1 heterocycles. The molecule has 0 aliphatic rings. The second kappa shape index (κ2) is 6.29. The van der Waals surface area contributed by atoms with Gasteiger partial charge in [-0.3, -0.25) is 0 Å². The van der Waals surface area contributed by atoms with Gasteiger partial charge in [0.15, 0.2) is 0 Å². The number of aliphatic hydroxyl groups excluding tert-OH is 1. The SMILES string of the molecule is CSCCCNS(=O)(=O)c1c[nH]c(CO)c1. The molecule has 0 aliphatic carbocycles. The number of aromatic nitrogens is 1. The lowest BCUT2D eigenvalue weighted by Crippen LogP contribution is -2.24. The van der Waals surface area contributed by atoms with Crippen molar-refractivity contribution in [2.75, 3.05) is 18.6 Å². The molecule has 1 rings (SSSR count). The maximum Gasteiger partial charge on any atom is 0.242 e. The van der Waals surface area contributed by atoms with Crippen LogP contribution in [0.4, 0.5) is 0 Å². The van der Waals surface area contributed by atoms with Gasteiger partial charge in [0.05, 0.1) is 11.5 Å². The maximum atomic E-state index is 11.7. The average molecular weight is 264 g/mol. The highest BCUT2D eigenvalue weighted by atomic mass is 32.2. The third-order valence-corrected chi connectivity index (χ3v) is 4.15. The summed E-state index contributed by atoms with van der Waals surface area (Å²) in [6, 6.07) is 1.43. The highest BCUT2D eigenvalue weighted by molar-refractivity contribution is 7.98. The first-order valence-corrected chi connectivity index (χ1v) is 7.74. The van der Waals surface area contributed by atoms with E-state index in [9.17, 15) is 8.42 Å². The maximum absolute atomic E-state index is 11.7. The molecule has 0 radical (unpaired) electrons. The van der Waals surface area contributed by atoms with E-state index in [0.717, 1.165) is 12.2 Å². The van der Waals surface area contributed by atoms with Crippen LogP contribution >= 0.6 is 11.8 Å². The number of hydrogen-bond donors (Lipinski definition) is 3. The quantitative estimate of drug-likeness (QED) is 0.628. The molecular formula is C9H16N2O3S2. The fraction of sp³-hybridized carbons (Fsp3) is 0.556.